The van der Waals surface area contributed by atoms with Crippen LogP contribution < -0.4 is 0 Å². The standard InChI is InChI=1S/C15H21NO5S/c1-11(2)12-5-4-6-13(7-12)22(19,20)16-8-15(9-16,10-21-3)14(17)18/h4-7,11H,8-10H2,1-3H3,(H,17,18). The minimum Gasteiger partial charge on any atom is -0.481 e. The van der Waals surface area contributed by atoms with Gasteiger partial charge in [0.2, 0.25) is 10.0 Å². The van der Waals surface area contributed by atoms with E-state index in [1.165, 1.54) is 17.5 Å². The van der Waals surface area contributed by atoms with Crippen molar-refractivity contribution in [3.8, 4) is 0 Å². The minimum atomic E-state index is -3.67. The summed E-state index contributed by atoms with van der Waals surface area (Å²) in [6, 6.07) is 6.78. The predicted octanol–water partition coefficient (Wildman–Crippen LogP) is 1.53. The van der Waals surface area contributed by atoms with Crippen LogP contribution in [0.15, 0.2) is 29.2 Å². The van der Waals surface area contributed by atoms with Gasteiger partial charge in [0.1, 0.15) is 5.41 Å². The molecular formula is C15H21NO5S. The molecule has 1 heterocycles. The fourth-order valence-corrected chi connectivity index (χ4v) is 4.21. The molecule has 0 atom stereocenters. The summed E-state index contributed by atoms with van der Waals surface area (Å²) in [6.45, 7) is 3.85. The number of aliphatic carboxylic acids is 1. The molecule has 6 nitrogen and oxygen atoms in total. The zero-order chi connectivity index (χ0) is 16.5. The zero-order valence-electron chi connectivity index (χ0n) is 12.9. The Bertz CT molecular complexity index is 662. The zero-order valence-corrected chi connectivity index (χ0v) is 13.8. The van der Waals surface area contributed by atoms with Gasteiger partial charge in [0, 0.05) is 20.2 Å². The van der Waals surface area contributed by atoms with Gasteiger partial charge in [0.05, 0.1) is 11.5 Å². The summed E-state index contributed by atoms with van der Waals surface area (Å²) in [5, 5.41) is 9.28. The van der Waals surface area contributed by atoms with Gasteiger partial charge < -0.3 is 9.84 Å². The highest BCUT2D eigenvalue weighted by molar-refractivity contribution is 7.89. The maximum Gasteiger partial charge on any atom is 0.314 e. The van der Waals surface area contributed by atoms with Crippen LogP contribution in [-0.4, -0.2) is 50.6 Å². The molecule has 1 aliphatic heterocycles. The third-order valence-electron chi connectivity index (χ3n) is 3.99. The molecule has 1 aromatic carbocycles. The van der Waals surface area contributed by atoms with E-state index in [9.17, 15) is 18.3 Å². The number of hydrogen-bond donors (Lipinski definition) is 1. The van der Waals surface area contributed by atoms with Crippen LogP contribution >= 0.6 is 0 Å². The summed E-state index contributed by atoms with van der Waals surface area (Å²) >= 11 is 0. The first-order valence-electron chi connectivity index (χ1n) is 7.05. The Morgan fingerprint density at radius 2 is 2.05 bits per heavy atom. The molecule has 1 fully saturated rings. The molecule has 0 amide bonds. The second-order valence-electron chi connectivity index (χ2n) is 6.02. The lowest BCUT2D eigenvalue weighted by atomic mass is 9.83. The molecule has 0 unspecified atom stereocenters. The number of sulfonamides is 1. The highest BCUT2D eigenvalue weighted by Crippen LogP contribution is 2.36. The van der Waals surface area contributed by atoms with Gasteiger partial charge in [-0.15, -0.1) is 0 Å². The van der Waals surface area contributed by atoms with E-state index in [4.69, 9.17) is 4.74 Å². The normalized spacial score (nSPS) is 18.2. The van der Waals surface area contributed by atoms with E-state index in [-0.39, 0.29) is 30.5 Å². The third kappa shape index (κ3) is 2.88. The molecule has 2 rings (SSSR count). The van der Waals surface area contributed by atoms with Gasteiger partial charge in [0.25, 0.3) is 0 Å². The summed E-state index contributed by atoms with van der Waals surface area (Å²) in [4.78, 5) is 11.5. The number of benzene rings is 1. The predicted molar refractivity (Wildman–Crippen MR) is 81.2 cm³/mol. The molecule has 0 aliphatic carbocycles. The van der Waals surface area contributed by atoms with E-state index < -0.39 is 21.4 Å². The van der Waals surface area contributed by atoms with Crippen molar-refractivity contribution in [3.05, 3.63) is 29.8 Å². The summed E-state index contributed by atoms with van der Waals surface area (Å²) in [7, 11) is -2.26. The van der Waals surface area contributed by atoms with Gasteiger partial charge in [-0.2, -0.15) is 4.31 Å². The molecule has 0 bridgehead atoms. The largest absolute Gasteiger partial charge is 0.481 e. The summed E-state index contributed by atoms with van der Waals surface area (Å²) in [5.41, 5.74) is -0.208. The molecule has 0 spiro atoms. The van der Waals surface area contributed by atoms with Crippen LogP contribution in [0.25, 0.3) is 0 Å². The lowest BCUT2D eigenvalue weighted by molar-refractivity contribution is -0.161. The highest BCUT2D eigenvalue weighted by atomic mass is 32.2. The fourth-order valence-electron chi connectivity index (χ4n) is 2.55. The summed E-state index contributed by atoms with van der Waals surface area (Å²) in [5.74, 6) is -0.810. The van der Waals surface area contributed by atoms with Crippen molar-refractivity contribution in [3.63, 3.8) is 0 Å². The number of nitrogens with zero attached hydrogens (tertiary/aromatic N) is 1. The second kappa shape index (κ2) is 5.98. The SMILES string of the molecule is COCC1(C(=O)O)CN(S(=O)(=O)c2cccc(C(C)C)c2)C1. The highest BCUT2D eigenvalue weighted by Gasteiger charge is 2.54. The van der Waals surface area contributed by atoms with Gasteiger partial charge >= 0.3 is 5.97 Å². The van der Waals surface area contributed by atoms with E-state index in [1.54, 1.807) is 12.1 Å². The monoisotopic (exact) mass is 327 g/mol. The number of carbonyl (C=O) groups is 1. The lowest BCUT2D eigenvalue weighted by Crippen LogP contribution is -2.63. The smallest absolute Gasteiger partial charge is 0.314 e. The van der Waals surface area contributed by atoms with E-state index in [2.05, 4.69) is 0 Å². The van der Waals surface area contributed by atoms with Gasteiger partial charge in [-0.05, 0) is 23.6 Å². The number of hydrogen-bond acceptors (Lipinski definition) is 4. The van der Waals surface area contributed by atoms with Crippen molar-refractivity contribution in [2.45, 2.75) is 24.7 Å². The fraction of sp³-hybridized carbons (Fsp3) is 0.533. The molecule has 22 heavy (non-hydrogen) atoms. The van der Waals surface area contributed by atoms with Crippen molar-refractivity contribution >= 4 is 16.0 Å². The van der Waals surface area contributed by atoms with Crippen LogP contribution in [0.3, 0.4) is 0 Å². The molecule has 0 radical (unpaired) electrons. The van der Waals surface area contributed by atoms with Gasteiger partial charge in [-0.3, -0.25) is 4.79 Å². The molecule has 0 saturated carbocycles. The third-order valence-corrected chi connectivity index (χ3v) is 5.78. The molecule has 1 aromatic rings. The Labute approximate surface area is 130 Å². The molecule has 0 aromatic heterocycles. The quantitative estimate of drug-likeness (QED) is 0.856. The van der Waals surface area contributed by atoms with Crippen molar-refractivity contribution in [1.82, 2.24) is 4.31 Å². The first kappa shape index (κ1) is 16.9. The molecule has 1 N–H and O–H groups in total. The van der Waals surface area contributed by atoms with E-state index in [0.717, 1.165) is 5.56 Å². The topological polar surface area (TPSA) is 83.9 Å². The Balaban J connectivity index is 2.23. The number of carboxylic acids is 1. The molecule has 1 aliphatic rings. The molecular weight excluding hydrogens is 306 g/mol. The maximum atomic E-state index is 12.6. The minimum absolute atomic E-state index is 0.000384. The number of ether oxygens (including phenoxy) is 1. The van der Waals surface area contributed by atoms with Crippen molar-refractivity contribution in [2.24, 2.45) is 5.41 Å². The van der Waals surface area contributed by atoms with Crippen molar-refractivity contribution in [1.29, 1.82) is 0 Å². The lowest BCUT2D eigenvalue weighted by Gasteiger charge is -2.45. The first-order chi connectivity index (χ1) is 10.2. The van der Waals surface area contributed by atoms with E-state index in [1.807, 2.05) is 19.9 Å². The average molecular weight is 327 g/mol. The first-order valence-corrected chi connectivity index (χ1v) is 8.49. The molecule has 7 heteroatoms. The Morgan fingerprint density at radius 3 is 2.55 bits per heavy atom. The van der Waals surface area contributed by atoms with Crippen molar-refractivity contribution < 1.29 is 23.1 Å². The summed E-state index contributed by atoms with van der Waals surface area (Å²) < 4.78 is 31.3. The second-order valence-corrected chi connectivity index (χ2v) is 7.96. The van der Waals surface area contributed by atoms with Crippen LogP contribution in [0.2, 0.25) is 0 Å². The van der Waals surface area contributed by atoms with Crippen LogP contribution in [0, 0.1) is 5.41 Å². The van der Waals surface area contributed by atoms with Gasteiger partial charge in [-0.25, -0.2) is 8.42 Å². The summed E-state index contributed by atoms with van der Waals surface area (Å²) in [6.07, 6.45) is 0. The van der Waals surface area contributed by atoms with Crippen LogP contribution in [0.4, 0.5) is 0 Å². The Hall–Kier alpha value is -1.44. The van der Waals surface area contributed by atoms with Crippen LogP contribution in [0.5, 0.6) is 0 Å². The number of methoxy groups -OCH3 is 1. The molecule has 122 valence electrons. The average Bonchev–Trinajstić information content (AvgIpc) is 2.41. The van der Waals surface area contributed by atoms with E-state index in [0.29, 0.717) is 0 Å². The number of carboxylic acid groups (broad SMARTS) is 1. The number of rotatable bonds is 6. The van der Waals surface area contributed by atoms with E-state index >= 15 is 0 Å². The van der Waals surface area contributed by atoms with Gasteiger partial charge in [-0.1, -0.05) is 26.0 Å². The Morgan fingerprint density at radius 1 is 1.41 bits per heavy atom. The molecule has 1 saturated heterocycles. The van der Waals surface area contributed by atoms with Crippen molar-refractivity contribution in [2.75, 3.05) is 26.8 Å². The Kier molecular flexibility index (Phi) is 4.60. The van der Waals surface area contributed by atoms with Crippen LogP contribution in [-0.2, 0) is 19.6 Å². The maximum absolute atomic E-state index is 12.6. The van der Waals surface area contributed by atoms with Gasteiger partial charge in [0.15, 0.2) is 0 Å². The van der Waals surface area contributed by atoms with Crippen LogP contribution in [0.1, 0.15) is 25.3 Å².